The summed E-state index contributed by atoms with van der Waals surface area (Å²) in [5.41, 5.74) is 10.0. The highest BCUT2D eigenvalue weighted by molar-refractivity contribution is 6.17. The molecule has 0 atom stereocenters. The maximum Gasteiger partial charge on any atom is 0.0474 e. The molecule has 0 saturated heterocycles. The van der Waals surface area contributed by atoms with Crippen LogP contribution >= 0.6 is 11.6 Å². The summed E-state index contributed by atoms with van der Waals surface area (Å²) >= 11 is 5.73. The molecule has 0 fully saturated rings. The lowest BCUT2D eigenvalue weighted by atomic mass is 10.0. The number of hydrogen-bond acceptors (Lipinski definition) is 1. The van der Waals surface area contributed by atoms with Crippen LogP contribution in [0, 0.1) is 0 Å². The van der Waals surface area contributed by atoms with Crippen LogP contribution in [0.15, 0.2) is 48.5 Å². The van der Waals surface area contributed by atoms with Gasteiger partial charge in [-0.15, -0.1) is 11.6 Å². The van der Waals surface area contributed by atoms with Gasteiger partial charge in [-0.05, 0) is 17.2 Å². The van der Waals surface area contributed by atoms with E-state index in [-0.39, 0.29) is 0 Å². The quantitative estimate of drug-likeness (QED) is 0.603. The van der Waals surface area contributed by atoms with Gasteiger partial charge in [-0.2, -0.15) is 0 Å². The third-order valence-electron chi connectivity index (χ3n) is 2.38. The maximum atomic E-state index is 5.90. The van der Waals surface area contributed by atoms with Crippen LogP contribution in [0.1, 0.15) is 5.56 Å². The fraction of sp³-hybridized carbons (Fsp3) is 0.0769. The number of nitrogen functional groups attached to an aromatic ring is 1. The first-order valence-electron chi connectivity index (χ1n) is 4.81. The molecular formula is C13H12ClN. The molecule has 0 saturated carbocycles. The lowest BCUT2D eigenvalue weighted by molar-refractivity contribution is 1.40. The lowest BCUT2D eigenvalue weighted by Crippen LogP contribution is -1.89. The first kappa shape index (κ1) is 10.1. The van der Waals surface area contributed by atoms with Gasteiger partial charge in [-0.1, -0.05) is 42.5 Å². The van der Waals surface area contributed by atoms with E-state index in [1.165, 1.54) is 0 Å². The van der Waals surface area contributed by atoms with Gasteiger partial charge >= 0.3 is 0 Å². The smallest absolute Gasteiger partial charge is 0.0474 e. The van der Waals surface area contributed by atoms with Gasteiger partial charge in [0.05, 0.1) is 0 Å². The topological polar surface area (TPSA) is 26.0 Å². The predicted molar refractivity (Wildman–Crippen MR) is 65.8 cm³/mol. The number of hydrogen-bond donors (Lipinski definition) is 1. The normalized spacial score (nSPS) is 10.2. The second kappa shape index (κ2) is 4.37. The van der Waals surface area contributed by atoms with E-state index in [9.17, 15) is 0 Å². The molecule has 2 aromatic carbocycles. The van der Waals surface area contributed by atoms with Crippen LogP contribution in [0.25, 0.3) is 11.1 Å². The Labute approximate surface area is 94.5 Å². The van der Waals surface area contributed by atoms with Gasteiger partial charge in [-0.3, -0.25) is 0 Å². The second-order valence-electron chi connectivity index (χ2n) is 3.42. The van der Waals surface area contributed by atoms with Crippen LogP contribution in [0.3, 0.4) is 0 Å². The van der Waals surface area contributed by atoms with Crippen LogP contribution in [0.4, 0.5) is 5.69 Å². The second-order valence-corrected chi connectivity index (χ2v) is 3.69. The Bertz CT molecular complexity index is 448. The molecule has 0 aromatic heterocycles. The number of rotatable bonds is 2. The lowest BCUT2D eigenvalue weighted by Gasteiger charge is -2.05. The highest BCUT2D eigenvalue weighted by Crippen LogP contribution is 2.25. The highest BCUT2D eigenvalue weighted by atomic mass is 35.5. The third-order valence-corrected chi connectivity index (χ3v) is 2.69. The van der Waals surface area contributed by atoms with E-state index in [0.717, 1.165) is 22.4 Å². The van der Waals surface area contributed by atoms with Crippen LogP contribution in [0.5, 0.6) is 0 Å². The van der Waals surface area contributed by atoms with Crippen LogP contribution in [-0.4, -0.2) is 0 Å². The number of anilines is 1. The fourth-order valence-corrected chi connectivity index (χ4v) is 1.71. The van der Waals surface area contributed by atoms with Crippen molar-refractivity contribution in [1.82, 2.24) is 0 Å². The molecular weight excluding hydrogens is 206 g/mol. The van der Waals surface area contributed by atoms with E-state index in [0.29, 0.717) is 5.88 Å². The molecule has 0 spiro atoms. The first-order valence-corrected chi connectivity index (χ1v) is 5.34. The van der Waals surface area contributed by atoms with Gasteiger partial charge in [0.2, 0.25) is 0 Å². The SMILES string of the molecule is Nc1ccccc1-c1ccc(CCl)cc1. The van der Waals surface area contributed by atoms with Gasteiger partial charge < -0.3 is 5.73 Å². The van der Waals surface area contributed by atoms with Crippen LogP contribution in [0.2, 0.25) is 0 Å². The van der Waals surface area contributed by atoms with E-state index in [1.807, 2.05) is 48.5 Å². The summed E-state index contributed by atoms with van der Waals surface area (Å²) in [6.45, 7) is 0. The number of halogens is 1. The number of benzene rings is 2. The Kier molecular flexibility index (Phi) is 2.93. The van der Waals surface area contributed by atoms with Crippen molar-refractivity contribution >= 4 is 17.3 Å². The summed E-state index contributed by atoms with van der Waals surface area (Å²) in [4.78, 5) is 0. The molecule has 2 heteroatoms. The van der Waals surface area contributed by atoms with Crippen molar-refractivity contribution in [3.63, 3.8) is 0 Å². The van der Waals surface area contributed by atoms with Gasteiger partial charge in [0.1, 0.15) is 0 Å². The first-order chi connectivity index (χ1) is 7.31. The van der Waals surface area contributed by atoms with Crippen molar-refractivity contribution in [2.75, 3.05) is 5.73 Å². The summed E-state index contributed by atoms with van der Waals surface area (Å²) in [6, 6.07) is 16.0. The third kappa shape index (κ3) is 2.13. The van der Waals surface area contributed by atoms with Crippen molar-refractivity contribution in [2.45, 2.75) is 5.88 Å². The molecule has 0 radical (unpaired) electrons. The molecule has 76 valence electrons. The fourth-order valence-electron chi connectivity index (χ4n) is 1.53. The molecule has 0 aliphatic carbocycles. The highest BCUT2D eigenvalue weighted by Gasteiger charge is 2.00. The molecule has 0 aliphatic heterocycles. The molecule has 0 unspecified atom stereocenters. The predicted octanol–water partition coefficient (Wildman–Crippen LogP) is 3.67. The summed E-state index contributed by atoms with van der Waals surface area (Å²) in [5.74, 6) is 0.546. The summed E-state index contributed by atoms with van der Waals surface area (Å²) in [7, 11) is 0. The number of nitrogens with two attached hydrogens (primary N) is 1. The van der Waals surface area contributed by atoms with E-state index >= 15 is 0 Å². The van der Waals surface area contributed by atoms with Gasteiger partial charge in [0.15, 0.2) is 0 Å². The summed E-state index contributed by atoms with van der Waals surface area (Å²) < 4.78 is 0. The molecule has 2 N–H and O–H groups in total. The molecule has 1 nitrogen and oxygen atoms in total. The summed E-state index contributed by atoms with van der Waals surface area (Å²) in [6.07, 6.45) is 0. The Hall–Kier alpha value is -1.47. The molecule has 0 bridgehead atoms. The molecule has 15 heavy (non-hydrogen) atoms. The zero-order valence-corrected chi connectivity index (χ0v) is 9.04. The van der Waals surface area contributed by atoms with Crippen molar-refractivity contribution < 1.29 is 0 Å². The minimum Gasteiger partial charge on any atom is -0.398 e. The van der Waals surface area contributed by atoms with Gasteiger partial charge in [0, 0.05) is 17.1 Å². The average Bonchev–Trinajstić information content (AvgIpc) is 2.30. The van der Waals surface area contributed by atoms with Crippen molar-refractivity contribution in [3.05, 3.63) is 54.1 Å². The standard InChI is InChI=1S/C13H12ClN/c14-9-10-5-7-11(8-6-10)12-3-1-2-4-13(12)15/h1-8H,9,15H2. The minimum absolute atomic E-state index is 0.546. The van der Waals surface area contributed by atoms with Crippen molar-refractivity contribution in [3.8, 4) is 11.1 Å². The molecule has 2 rings (SSSR count). The number of alkyl halides is 1. The zero-order chi connectivity index (χ0) is 10.7. The average molecular weight is 218 g/mol. The Morgan fingerprint density at radius 2 is 1.60 bits per heavy atom. The molecule has 0 aliphatic rings. The summed E-state index contributed by atoms with van der Waals surface area (Å²) in [5, 5.41) is 0. The monoisotopic (exact) mass is 217 g/mol. The van der Waals surface area contributed by atoms with Crippen molar-refractivity contribution in [1.29, 1.82) is 0 Å². The van der Waals surface area contributed by atoms with Crippen LogP contribution in [-0.2, 0) is 5.88 Å². The van der Waals surface area contributed by atoms with E-state index < -0.39 is 0 Å². The molecule has 0 heterocycles. The Morgan fingerprint density at radius 1 is 0.933 bits per heavy atom. The minimum atomic E-state index is 0.546. The van der Waals surface area contributed by atoms with E-state index in [1.54, 1.807) is 0 Å². The molecule has 2 aromatic rings. The molecule has 0 amide bonds. The van der Waals surface area contributed by atoms with Crippen molar-refractivity contribution in [2.24, 2.45) is 0 Å². The van der Waals surface area contributed by atoms with Crippen LogP contribution < -0.4 is 5.73 Å². The Balaban J connectivity index is 2.42. The largest absolute Gasteiger partial charge is 0.398 e. The van der Waals surface area contributed by atoms with Gasteiger partial charge in [-0.25, -0.2) is 0 Å². The van der Waals surface area contributed by atoms with E-state index in [2.05, 4.69) is 0 Å². The Morgan fingerprint density at radius 3 is 2.20 bits per heavy atom. The maximum absolute atomic E-state index is 5.90. The zero-order valence-electron chi connectivity index (χ0n) is 8.28. The van der Waals surface area contributed by atoms with Gasteiger partial charge in [0.25, 0.3) is 0 Å². The van der Waals surface area contributed by atoms with E-state index in [4.69, 9.17) is 17.3 Å². The number of para-hydroxylation sites is 1.